The lowest BCUT2D eigenvalue weighted by atomic mass is 10.3. The Morgan fingerprint density at radius 1 is 1.37 bits per heavy atom. The highest BCUT2D eigenvalue weighted by molar-refractivity contribution is 5.76. The van der Waals surface area contributed by atoms with Crippen LogP contribution in [0.2, 0.25) is 0 Å². The first-order valence-corrected chi connectivity index (χ1v) is 6.48. The third-order valence-electron chi connectivity index (χ3n) is 3.10. The van der Waals surface area contributed by atoms with Gasteiger partial charge >= 0.3 is 12.0 Å². The molecule has 19 heavy (non-hydrogen) atoms. The van der Waals surface area contributed by atoms with Crippen LogP contribution < -0.4 is 5.32 Å². The largest absolute Gasteiger partial charge is 0.469 e. The van der Waals surface area contributed by atoms with Crippen molar-refractivity contribution in [2.24, 2.45) is 0 Å². The summed E-state index contributed by atoms with van der Waals surface area (Å²) in [6.45, 7) is 4.80. The number of nitrogens with one attached hydrogen (secondary N) is 1. The number of urea groups is 1. The second-order valence-electron chi connectivity index (χ2n) is 4.38. The minimum atomic E-state index is -0.221. The molecule has 0 unspecified atom stereocenters. The molecule has 0 aromatic rings. The van der Waals surface area contributed by atoms with Crippen LogP contribution in [0.5, 0.6) is 0 Å². The number of methoxy groups -OCH3 is 2. The molecule has 0 atom stereocenters. The molecule has 7 heteroatoms. The van der Waals surface area contributed by atoms with Crippen LogP contribution in [0.1, 0.15) is 6.42 Å². The molecule has 1 N–H and O–H groups in total. The molecule has 0 saturated carbocycles. The Morgan fingerprint density at radius 3 is 2.74 bits per heavy atom. The first-order chi connectivity index (χ1) is 9.17. The van der Waals surface area contributed by atoms with Gasteiger partial charge in [-0.25, -0.2) is 4.79 Å². The Morgan fingerprint density at radius 2 is 2.16 bits per heavy atom. The number of nitrogens with zero attached hydrogens (tertiary/aromatic N) is 2. The van der Waals surface area contributed by atoms with Gasteiger partial charge in [0.2, 0.25) is 0 Å². The molecular formula is C12H23N3O4. The van der Waals surface area contributed by atoms with Crippen LogP contribution in [0.15, 0.2) is 0 Å². The fourth-order valence-corrected chi connectivity index (χ4v) is 1.89. The lowest BCUT2D eigenvalue weighted by Crippen LogP contribution is -2.39. The number of carbonyl (C=O) groups is 2. The molecule has 0 aromatic carbocycles. The van der Waals surface area contributed by atoms with Crippen LogP contribution in [0.25, 0.3) is 0 Å². The maximum absolute atomic E-state index is 11.4. The minimum Gasteiger partial charge on any atom is -0.469 e. The van der Waals surface area contributed by atoms with Gasteiger partial charge in [-0.1, -0.05) is 0 Å². The number of amides is 2. The predicted octanol–water partition coefficient (Wildman–Crippen LogP) is -0.477. The maximum atomic E-state index is 11.4. The van der Waals surface area contributed by atoms with Crippen molar-refractivity contribution in [2.75, 3.05) is 60.1 Å². The van der Waals surface area contributed by atoms with E-state index in [9.17, 15) is 9.59 Å². The molecule has 1 fully saturated rings. The number of carbonyl (C=O) groups excluding carboxylic acids is 2. The number of esters is 1. The molecule has 0 bridgehead atoms. The lowest BCUT2D eigenvalue weighted by molar-refractivity contribution is -0.141. The molecule has 7 nitrogen and oxygen atoms in total. The topological polar surface area (TPSA) is 71.1 Å². The van der Waals surface area contributed by atoms with E-state index in [0.29, 0.717) is 32.7 Å². The number of ether oxygens (including phenoxy) is 2. The molecule has 1 heterocycles. The summed E-state index contributed by atoms with van der Waals surface area (Å²) in [4.78, 5) is 26.4. The summed E-state index contributed by atoms with van der Waals surface area (Å²) in [5.74, 6) is -0.221. The molecule has 1 aliphatic heterocycles. The van der Waals surface area contributed by atoms with E-state index >= 15 is 0 Å². The Hall–Kier alpha value is -1.34. The highest BCUT2D eigenvalue weighted by Crippen LogP contribution is 1.99. The van der Waals surface area contributed by atoms with Gasteiger partial charge in [0, 0.05) is 46.4 Å². The van der Waals surface area contributed by atoms with Gasteiger partial charge in [0.15, 0.2) is 0 Å². The summed E-state index contributed by atoms with van der Waals surface area (Å²) in [5.41, 5.74) is 0. The number of rotatable bonds is 9. The van der Waals surface area contributed by atoms with E-state index in [4.69, 9.17) is 4.74 Å². The standard InChI is InChI=1S/C12H23N3O4/c1-18-10-9-14(5-3-11(16)19-2)7-8-15-6-4-13-12(15)17/h3-10H2,1-2H3,(H,13,17). The van der Waals surface area contributed by atoms with Gasteiger partial charge in [-0.3, -0.25) is 9.69 Å². The van der Waals surface area contributed by atoms with E-state index in [1.54, 1.807) is 12.0 Å². The van der Waals surface area contributed by atoms with Crippen LogP contribution in [-0.2, 0) is 14.3 Å². The highest BCUT2D eigenvalue weighted by Gasteiger charge is 2.19. The monoisotopic (exact) mass is 273 g/mol. The Bertz CT molecular complexity index is 299. The molecule has 0 aliphatic carbocycles. The smallest absolute Gasteiger partial charge is 0.317 e. The fraction of sp³-hybridized carbons (Fsp3) is 0.833. The van der Waals surface area contributed by atoms with E-state index in [2.05, 4.69) is 15.0 Å². The zero-order valence-electron chi connectivity index (χ0n) is 11.7. The first-order valence-electron chi connectivity index (χ1n) is 6.48. The normalized spacial score (nSPS) is 14.9. The molecule has 0 spiro atoms. The third kappa shape index (κ3) is 5.89. The van der Waals surface area contributed by atoms with Crippen LogP contribution in [0, 0.1) is 0 Å². The van der Waals surface area contributed by atoms with Crippen molar-refractivity contribution in [1.82, 2.24) is 15.1 Å². The molecule has 110 valence electrons. The molecule has 0 radical (unpaired) electrons. The van der Waals surface area contributed by atoms with Crippen LogP contribution in [0.3, 0.4) is 0 Å². The summed E-state index contributed by atoms with van der Waals surface area (Å²) >= 11 is 0. The van der Waals surface area contributed by atoms with E-state index < -0.39 is 0 Å². The van der Waals surface area contributed by atoms with Crippen molar-refractivity contribution in [1.29, 1.82) is 0 Å². The molecular weight excluding hydrogens is 250 g/mol. The van der Waals surface area contributed by atoms with Gasteiger partial charge in [0.05, 0.1) is 20.1 Å². The van der Waals surface area contributed by atoms with E-state index in [1.165, 1.54) is 7.11 Å². The Balaban J connectivity index is 2.31. The summed E-state index contributed by atoms with van der Waals surface area (Å²) < 4.78 is 9.68. The summed E-state index contributed by atoms with van der Waals surface area (Å²) in [7, 11) is 3.03. The fourth-order valence-electron chi connectivity index (χ4n) is 1.89. The van der Waals surface area contributed by atoms with E-state index in [-0.39, 0.29) is 12.0 Å². The quantitative estimate of drug-likeness (QED) is 0.575. The molecule has 1 aliphatic rings. The van der Waals surface area contributed by atoms with Crippen molar-refractivity contribution in [3.8, 4) is 0 Å². The molecule has 1 rings (SSSR count). The van der Waals surface area contributed by atoms with Crippen molar-refractivity contribution < 1.29 is 19.1 Å². The predicted molar refractivity (Wildman–Crippen MR) is 69.9 cm³/mol. The summed E-state index contributed by atoms with van der Waals surface area (Å²) in [6, 6.07) is -0.0142. The van der Waals surface area contributed by atoms with Crippen molar-refractivity contribution in [3.63, 3.8) is 0 Å². The average Bonchev–Trinajstić information content (AvgIpc) is 2.83. The third-order valence-corrected chi connectivity index (χ3v) is 3.10. The zero-order chi connectivity index (χ0) is 14.1. The lowest BCUT2D eigenvalue weighted by Gasteiger charge is -2.24. The van der Waals surface area contributed by atoms with Gasteiger partial charge < -0.3 is 19.7 Å². The van der Waals surface area contributed by atoms with E-state index in [1.807, 2.05) is 0 Å². The second-order valence-corrected chi connectivity index (χ2v) is 4.38. The highest BCUT2D eigenvalue weighted by atomic mass is 16.5. The van der Waals surface area contributed by atoms with Crippen LogP contribution in [-0.4, -0.2) is 81.9 Å². The van der Waals surface area contributed by atoms with Crippen molar-refractivity contribution >= 4 is 12.0 Å². The van der Waals surface area contributed by atoms with Crippen molar-refractivity contribution in [2.45, 2.75) is 6.42 Å². The van der Waals surface area contributed by atoms with Crippen molar-refractivity contribution in [3.05, 3.63) is 0 Å². The van der Waals surface area contributed by atoms with Crippen LogP contribution in [0.4, 0.5) is 4.79 Å². The SMILES string of the molecule is COCCN(CCC(=O)OC)CCN1CCNC1=O. The molecule has 2 amide bonds. The van der Waals surface area contributed by atoms with Gasteiger partial charge in [-0.2, -0.15) is 0 Å². The van der Waals surface area contributed by atoms with Gasteiger partial charge in [0.25, 0.3) is 0 Å². The maximum Gasteiger partial charge on any atom is 0.317 e. The van der Waals surface area contributed by atoms with Crippen LogP contribution >= 0.6 is 0 Å². The van der Waals surface area contributed by atoms with E-state index in [0.717, 1.165) is 19.6 Å². The second kappa shape index (κ2) is 8.71. The summed E-state index contributed by atoms with van der Waals surface area (Å²) in [5, 5.41) is 2.77. The van der Waals surface area contributed by atoms with Gasteiger partial charge in [0.1, 0.15) is 0 Å². The Labute approximate surface area is 113 Å². The van der Waals surface area contributed by atoms with Gasteiger partial charge in [-0.15, -0.1) is 0 Å². The number of hydrogen-bond acceptors (Lipinski definition) is 5. The zero-order valence-corrected chi connectivity index (χ0v) is 11.7. The average molecular weight is 273 g/mol. The first kappa shape index (κ1) is 15.7. The molecule has 1 saturated heterocycles. The minimum absolute atomic E-state index is 0.0142. The van der Waals surface area contributed by atoms with Gasteiger partial charge in [-0.05, 0) is 0 Å². The molecule has 0 aromatic heterocycles. The Kier molecular flexibility index (Phi) is 7.20. The summed E-state index contributed by atoms with van der Waals surface area (Å²) in [6.07, 6.45) is 0.354. The number of hydrogen-bond donors (Lipinski definition) is 1.